The van der Waals surface area contributed by atoms with Gasteiger partial charge in [-0.15, -0.1) is 0 Å². The molecular formula is C13H18BrNS. The average molecular weight is 300 g/mol. The molecule has 1 aromatic carbocycles. The first kappa shape index (κ1) is 12.3. The lowest BCUT2D eigenvalue weighted by atomic mass is 10.0. The number of rotatable bonds is 3. The molecule has 0 bridgehead atoms. The zero-order valence-corrected chi connectivity index (χ0v) is 11.8. The summed E-state index contributed by atoms with van der Waals surface area (Å²) in [5, 5.41) is 0.847. The highest BCUT2D eigenvalue weighted by atomic mass is 79.9. The first-order valence-electron chi connectivity index (χ1n) is 5.92. The van der Waals surface area contributed by atoms with E-state index in [0.717, 1.165) is 21.2 Å². The Bertz CT molecular complexity index is 328. The van der Waals surface area contributed by atoms with E-state index in [2.05, 4.69) is 33.8 Å². The molecule has 2 N–H and O–H groups in total. The summed E-state index contributed by atoms with van der Waals surface area (Å²) < 4.78 is 1.15. The van der Waals surface area contributed by atoms with Gasteiger partial charge in [-0.3, -0.25) is 0 Å². The summed E-state index contributed by atoms with van der Waals surface area (Å²) in [5.74, 6) is 1.04. The number of nitrogen functional groups attached to an aromatic ring is 1. The van der Waals surface area contributed by atoms with E-state index >= 15 is 0 Å². The zero-order chi connectivity index (χ0) is 11.4. The molecule has 16 heavy (non-hydrogen) atoms. The Morgan fingerprint density at radius 2 is 2.00 bits per heavy atom. The van der Waals surface area contributed by atoms with E-state index in [0.29, 0.717) is 0 Å². The molecule has 1 saturated carbocycles. The van der Waals surface area contributed by atoms with E-state index in [1.165, 1.54) is 37.7 Å². The summed E-state index contributed by atoms with van der Waals surface area (Å²) in [6, 6.07) is 6.06. The third-order valence-corrected chi connectivity index (χ3v) is 5.31. The number of halogens is 1. The van der Waals surface area contributed by atoms with Crippen LogP contribution in [0.5, 0.6) is 0 Å². The highest BCUT2D eigenvalue weighted by Crippen LogP contribution is 2.33. The van der Waals surface area contributed by atoms with Crippen molar-refractivity contribution in [3.8, 4) is 0 Å². The number of nitrogens with two attached hydrogens (primary N) is 1. The molecular weight excluding hydrogens is 282 g/mol. The summed E-state index contributed by atoms with van der Waals surface area (Å²) in [6.07, 6.45) is 7.00. The Morgan fingerprint density at radius 1 is 1.25 bits per heavy atom. The molecule has 0 unspecified atom stereocenters. The number of hydrogen-bond donors (Lipinski definition) is 1. The van der Waals surface area contributed by atoms with Gasteiger partial charge >= 0.3 is 0 Å². The summed E-state index contributed by atoms with van der Waals surface area (Å²) in [5.41, 5.74) is 8.17. The number of hydrogen-bond acceptors (Lipinski definition) is 2. The maximum Gasteiger partial charge on any atom is 0.0366 e. The molecule has 1 nitrogen and oxygen atoms in total. The van der Waals surface area contributed by atoms with Crippen LogP contribution in [0.2, 0.25) is 0 Å². The van der Waals surface area contributed by atoms with E-state index in [4.69, 9.17) is 5.73 Å². The third-order valence-electron chi connectivity index (χ3n) is 3.17. The van der Waals surface area contributed by atoms with Gasteiger partial charge in [0.2, 0.25) is 0 Å². The fraction of sp³-hybridized carbons (Fsp3) is 0.538. The van der Waals surface area contributed by atoms with Crippen LogP contribution in [-0.2, 0) is 5.75 Å². The lowest BCUT2D eigenvalue weighted by Gasteiger charge is -2.21. The van der Waals surface area contributed by atoms with E-state index in [-0.39, 0.29) is 0 Å². The SMILES string of the molecule is Nc1cccc(Br)c1CSC1CCCCC1. The Hall–Kier alpha value is -0.150. The van der Waals surface area contributed by atoms with Crippen LogP contribution in [0.3, 0.4) is 0 Å². The maximum absolute atomic E-state index is 5.99. The number of benzene rings is 1. The van der Waals surface area contributed by atoms with Gasteiger partial charge in [-0.05, 0) is 30.5 Å². The molecule has 0 saturated heterocycles. The van der Waals surface area contributed by atoms with Crippen molar-refractivity contribution in [3.63, 3.8) is 0 Å². The van der Waals surface area contributed by atoms with Gasteiger partial charge in [0.15, 0.2) is 0 Å². The molecule has 1 fully saturated rings. The first-order chi connectivity index (χ1) is 7.77. The largest absolute Gasteiger partial charge is 0.398 e. The van der Waals surface area contributed by atoms with Gasteiger partial charge < -0.3 is 5.73 Å². The van der Waals surface area contributed by atoms with Crippen molar-refractivity contribution in [1.82, 2.24) is 0 Å². The molecule has 1 aliphatic carbocycles. The smallest absolute Gasteiger partial charge is 0.0366 e. The van der Waals surface area contributed by atoms with Crippen LogP contribution in [0.1, 0.15) is 37.7 Å². The lowest BCUT2D eigenvalue weighted by Crippen LogP contribution is -2.08. The molecule has 3 heteroatoms. The van der Waals surface area contributed by atoms with Crippen molar-refractivity contribution in [2.45, 2.75) is 43.1 Å². The van der Waals surface area contributed by atoms with Gasteiger partial charge in [-0.2, -0.15) is 11.8 Å². The second kappa shape index (κ2) is 5.97. The molecule has 0 aliphatic heterocycles. The van der Waals surface area contributed by atoms with Gasteiger partial charge in [0.1, 0.15) is 0 Å². The van der Waals surface area contributed by atoms with Crippen molar-refractivity contribution in [2.24, 2.45) is 0 Å². The summed E-state index contributed by atoms with van der Waals surface area (Å²) in [4.78, 5) is 0. The normalized spacial score (nSPS) is 17.6. The molecule has 0 aromatic heterocycles. The number of thioether (sulfide) groups is 1. The van der Waals surface area contributed by atoms with E-state index < -0.39 is 0 Å². The Kier molecular flexibility index (Phi) is 4.59. The molecule has 0 spiro atoms. The fourth-order valence-electron chi connectivity index (χ4n) is 2.16. The van der Waals surface area contributed by atoms with Crippen LogP contribution in [0.25, 0.3) is 0 Å². The summed E-state index contributed by atoms with van der Waals surface area (Å²) in [6.45, 7) is 0. The van der Waals surface area contributed by atoms with Gasteiger partial charge in [-0.25, -0.2) is 0 Å². The van der Waals surface area contributed by atoms with Gasteiger partial charge in [0.25, 0.3) is 0 Å². The van der Waals surface area contributed by atoms with Gasteiger partial charge in [0, 0.05) is 21.2 Å². The second-order valence-corrected chi connectivity index (χ2v) is 6.52. The Balaban J connectivity index is 1.93. The van der Waals surface area contributed by atoms with Crippen LogP contribution in [0, 0.1) is 0 Å². The Morgan fingerprint density at radius 3 is 2.69 bits per heavy atom. The predicted molar refractivity (Wildman–Crippen MR) is 76.7 cm³/mol. The monoisotopic (exact) mass is 299 g/mol. The zero-order valence-electron chi connectivity index (χ0n) is 9.42. The molecule has 88 valence electrons. The number of anilines is 1. The fourth-order valence-corrected chi connectivity index (χ4v) is 4.26. The third kappa shape index (κ3) is 3.17. The maximum atomic E-state index is 5.99. The standard InChI is InChI=1S/C13H18BrNS/c14-12-7-4-8-13(15)11(12)9-16-10-5-2-1-3-6-10/h4,7-8,10H,1-3,5-6,9,15H2. The summed E-state index contributed by atoms with van der Waals surface area (Å²) in [7, 11) is 0. The Labute approximate surface area is 110 Å². The molecule has 0 atom stereocenters. The highest BCUT2D eigenvalue weighted by Gasteiger charge is 2.14. The van der Waals surface area contributed by atoms with E-state index in [9.17, 15) is 0 Å². The molecule has 0 amide bonds. The quantitative estimate of drug-likeness (QED) is 0.826. The molecule has 1 aromatic rings. The summed E-state index contributed by atoms with van der Waals surface area (Å²) >= 11 is 5.65. The highest BCUT2D eigenvalue weighted by molar-refractivity contribution is 9.10. The van der Waals surface area contributed by atoms with Gasteiger partial charge in [-0.1, -0.05) is 41.3 Å². The van der Waals surface area contributed by atoms with Crippen LogP contribution in [-0.4, -0.2) is 5.25 Å². The van der Waals surface area contributed by atoms with Crippen LogP contribution >= 0.6 is 27.7 Å². The van der Waals surface area contributed by atoms with Crippen molar-refractivity contribution < 1.29 is 0 Å². The van der Waals surface area contributed by atoms with Gasteiger partial charge in [0.05, 0.1) is 0 Å². The molecule has 2 rings (SSSR count). The van der Waals surface area contributed by atoms with E-state index in [1.54, 1.807) is 0 Å². The van der Waals surface area contributed by atoms with Crippen LogP contribution in [0.4, 0.5) is 5.69 Å². The van der Waals surface area contributed by atoms with Crippen LogP contribution in [0.15, 0.2) is 22.7 Å². The van der Waals surface area contributed by atoms with Crippen LogP contribution < -0.4 is 5.73 Å². The minimum Gasteiger partial charge on any atom is -0.398 e. The lowest BCUT2D eigenvalue weighted by molar-refractivity contribution is 0.516. The topological polar surface area (TPSA) is 26.0 Å². The van der Waals surface area contributed by atoms with Crippen molar-refractivity contribution in [3.05, 3.63) is 28.2 Å². The van der Waals surface area contributed by atoms with Crippen molar-refractivity contribution in [2.75, 3.05) is 5.73 Å². The van der Waals surface area contributed by atoms with Crippen molar-refractivity contribution >= 4 is 33.4 Å². The minimum atomic E-state index is 0.847. The average Bonchev–Trinajstić information content (AvgIpc) is 2.30. The minimum absolute atomic E-state index is 0.847. The van der Waals surface area contributed by atoms with Crippen molar-refractivity contribution in [1.29, 1.82) is 0 Å². The first-order valence-corrected chi connectivity index (χ1v) is 7.76. The molecule has 0 radical (unpaired) electrons. The molecule has 0 heterocycles. The predicted octanol–water partition coefficient (Wildman–Crippen LogP) is 4.60. The second-order valence-electron chi connectivity index (χ2n) is 4.38. The molecule has 1 aliphatic rings. The van der Waals surface area contributed by atoms with E-state index in [1.807, 2.05) is 12.1 Å².